The summed E-state index contributed by atoms with van der Waals surface area (Å²) in [6.07, 6.45) is 1.82. The van der Waals surface area contributed by atoms with E-state index in [1.165, 1.54) is 18.0 Å². The second-order valence-corrected chi connectivity index (χ2v) is 7.20. The summed E-state index contributed by atoms with van der Waals surface area (Å²) in [6, 6.07) is 4.48. The number of rotatable bonds is 6. The van der Waals surface area contributed by atoms with Gasteiger partial charge in [-0.25, -0.2) is 4.79 Å². The van der Waals surface area contributed by atoms with Crippen molar-refractivity contribution in [2.45, 2.75) is 32.4 Å². The first kappa shape index (κ1) is 20.5. The standard InChI is InChI=1S/C17H21ClN4O5/c1-17(2,3)27-16(23)19-9-15(21-10-13(8-20-21)22(24)25)11-5-12(18)7-14(6-11)26-4/h5-8,10,15H,9H2,1-4H3,(H,19,23). The quantitative estimate of drug-likeness (QED) is 0.590. The maximum absolute atomic E-state index is 12.0. The fraction of sp³-hybridized carbons (Fsp3) is 0.412. The van der Waals surface area contributed by atoms with Crippen molar-refractivity contribution >= 4 is 23.4 Å². The lowest BCUT2D eigenvalue weighted by molar-refractivity contribution is -0.385. The van der Waals surface area contributed by atoms with Crippen LogP contribution >= 0.6 is 11.6 Å². The van der Waals surface area contributed by atoms with Crippen molar-refractivity contribution in [2.75, 3.05) is 13.7 Å². The lowest BCUT2D eigenvalue weighted by Crippen LogP contribution is -2.36. The molecular weight excluding hydrogens is 376 g/mol. The van der Waals surface area contributed by atoms with Gasteiger partial charge in [0.05, 0.1) is 18.1 Å². The summed E-state index contributed by atoms with van der Waals surface area (Å²) in [5.41, 5.74) is -0.150. The molecule has 1 unspecified atom stereocenters. The number of carbonyl (C=O) groups excluding carboxylic acids is 1. The zero-order valence-corrected chi connectivity index (χ0v) is 16.2. The molecule has 1 N–H and O–H groups in total. The van der Waals surface area contributed by atoms with E-state index in [0.717, 1.165) is 6.20 Å². The molecule has 0 spiro atoms. The lowest BCUT2D eigenvalue weighted by atomic mass is 10.1. The summed E-state index contributed by atoms with van der Waals surface area (Å²) in [5, 5.41) is 18.1. The molecule has 1 heterocycles. The van der Waals surface area contributed by atoms with Crippen LogP contribution in [0.1, 0.15) is 32.4 Å². The summed E-state index contributed by atoms with van der Waals surface area (Å²) in [6.45, 7) is 5.34. The Morgan fingerprint density at radius 2 is 2.11 bits per heavy atom. The molecule has 0 aliphatic heterocycles. The van der Waals surface area contributed by atoms with Gasteiger partial charge in [0, 0.05) is 11.6 Å². The van der Waals surface area contributed by atoms with Crippen LogP contribution in [-0.4, -0.2) is 40.1 Å². The van der Waals surface area contributed by atoms with E-state index >= 15 is 0 Å². The summed E-state index contributed by atoms with van der Waals surface area (Å²) in [7, 11) is 1.50. The number of hydrogen-bond donors (Lipinski definition) is 1. The Kier molecular flexibility index (Phi) is 6.27. The first-order valence-electron chi connectivity index (χ1n) is 8.09. The Morgan fingerprint density at radius 3 is 2.67 bits per heavy atom. The van der Waals surface area contributed by atoms with E-state index in [1.807, 2.05) is 0 Å². The van der Waals surface area contributed by atoms with Crippen LogP contribution in [-0.2, 0) is 4.74 Å². The molecule has 0 aliphatic rings. The Balaban J connectivity index is 2.32. The molecule has 0 saturated heterocycles. The predicted octanol–water partition coefficient (Wildman–Crippen LogP) is 3.57. The molecule has 0 radical (unpaired) electrons. The van der Waals surface area contributed by atoms with Gasteiger partial charge < -0.3 is 14.8 Å². The summed E-state index contributed by atoms with van der Waals surface area (Å²) in [5.74, 6) is 0.515. The third-order valence-corrected chi connectivity index (χ3v) is 3.69. The third kappa shape index (κ3) is 5.85. The molecule has 2 rings (SSSR count). The van der Waals surface area contributed by atoms with E-state index in [-0.39, 0.29) is 12.2 Å². The van der Waals surface area contributed by atoms with Crippen LogP contribution in [0.15, 0.2) is 30.6 Å². The molecule has 0 bridgehead atoms. The minimum atomic E-state index is -0.649. The van der Waals surface area contributed by atoms with Gasteiger partial charge in [-0.05, 0) is 44.5 Å². The molecule has 146 valence electrons. The van der Waals surface area contributed by atoms with Gasteiger partial charge in [0.25, 0.3) is 0 Å². The van der Waals surface area contributed by atoms with Crippen LogP contribution in [0.4, 0.5) is 10.5 Å². The van der Waals surface area contributed by atoms with Crippen molar-refractivity contribution in [1.82, 2.24) is 15.1 Å². The number of amides is 1. The number of methoxy groups -OCH3 is 1. The molecule has 10 heteroatoms. The number of ether oxygens (including phenoxy) is 2. The van der Waals surface area contributed by atoms with Gasteiger partial charge in [-0.15, -0.1) is 0 Å². The smallest absolute Gasteiger partial charge is 0.407 e. The Labute approximate surface area is 161 Å². The molecule has 0 saturated carbocycles. The summed E-state index contributed by atoms with van der Waals surface area (Å²) >= 11 is 6.14. The fourth-order valence-corrected chi connectivity index (χ4v) is 2.58. The van der Waals surface area contributed by atoms with Crippen LogP contribution in [0.5, 0.6) is 5.75 Å². The number of benzene rings is 1. The number of alkyl carbamates (subject to hydrolysis) is 1. The Hall–Kier alpha value is -2.81. The second-order valence-electron chi connectivity index (χ2n) is 6.76. The van der Waals surface area contributed by atoms with Crippen LogP contribution in [0.25, 0.3) is 0 Å². The third-order valence-electron chi connectivity index (χ3n) is 3.47. The zero-order valence-electron chi connectivity index (χ0n) is 15.4. The predicted molar refractivity (Wildman–Crippen MR) is 99.3 cm³/mol. The van der Waals surface area contributed by atoms with E-state index in [4.69, 9.17) is 21.1 Å². The number of nitrogens with one attached hydrogen (secondary N) is 1. The highest BCUT2D eigenvalue weighted by Gasteiger charge is 2.22. The first-order chi connectivity index (χ1) is 12.6. The Bertz CT molecular complexity index is 831. The molecule has 2 aromatic rings. The van der Waals surface area contributed by atoms with Gasteiger partial charge in [0.1, 0.15) is 23.7 Å². The van der Waals surface area contributed by atoms with E-state index < -0.39 is 22.7 Å². The highest BCUT2D eigenvalue weighted by Crippen LogP contribution is 2.27. The average Bonchev–Trinajstić information content (AvgIpc) is 3.03. The maximum atomic E-state index is 12.0. The molecule has 0 fully saturated rings. The molecule has 1 aromatic carbocycles. The van der Waals surface area contributed by atoms with Crippen LogP contribution in [0.3, 0.4) is 0 Å². The molecule has 9 nitrogen and oxygen atoms in total. The monoisotopic (exact) mass is 396 g/mol. The zero-order chi connectivity index (χ0) is 20.2. The number of hydrogen-bond acceptors (Lipinski definition) is 6. The largest absolute Gasteiger partial charge is 0.497 e. The van der Waals surface area contributed by atoms with Crippen molar-refractivity contribution in [3.63, 3.8) is 0 Å². The molecular formula is C17H21ClN4O5. The molecule has 1 atom stereocenters. The normalized spacial score (nSPS) is 12.3. The average molecular weight is 397 g/mol. The lowest BCUT2D eigenvalue weighted by Gasteiger charge is -2.22. The van der Waals surface area contributed by atoms with Gasteiger partial charge in [0.2, 0.25) is 0 Å². The summed E-state index contributed by atoms with van der Waals surface area (Å²) in [4.78, 5) is 22.4. The number of nitrogens with zero attached hydrogens (tertiary/aromatic N) is 3. The van der Waals surface area contributed by atoms with Crippen LogP contribution in [0, 0.1) is 10.1 Å². The number of nitro groups is 1. The highest BCUT2D eigenvalue weighted by atomic mass is 35.5. The van der Waals surface area contributed by atoms with Crippen molar-refractivity contribution in [1.29, 1.82) is 0 Å². The van der Waals surface area contributed by atoms with Crippen molar-refractivity contribution < 1.29 is 19.2 Å². The van der Waals surface area contributed by atoms with Gasteiger partial charge in [-0.2, -0.15) is 5.10 Å². The van der Waals surface area contributed by atoms with Gasteiger partial charge in [-0.1, -0.05) is 11.6 Å². The molecule has 1 aromatic heterocycles. The SMILES string of the molecule is COc1cc(Cl)cc(C(CNC(=O)OC(C)(C)C)n2cc([N+](=O)[O-])cn2)c1. The number of halogens is 1. The van der Waals surface area contributed by atoms with E-state index in [9.17, 15) is 14.9 Å². The highest BCUT2D eigenvalue weighted by molar-refractivity contribution is 6.30. The number of aromatic nitrogens is 2. The topological polar surface area (TPSA) is 109 Å². The van der Waals surface area contributed by atoms with Crippen molar-refractivity contribution in [3.05, 3.63) is 51.3 Å². The van der Waals surface area contributed by atoms with Crippen LogP contribution in [0.2, 0.25) is 5.02 Å². The summed E-state index contributed by atoms with van der Waals surface area (Å²) < 4.78 is 11.8. The van der Waals surface area contributed by atoms with Crippen molar-refractivity contribution in [2.24, 2.45) is 0 Å². The molecule has 27 heavy (non-hydrogen) atoms. The molecule has 1 amide bonds. The maximum Gasteiger partial charge on any atom is 0.407 e. The first-order valence-corrected chi connectivity index (χ1v) is 8.46. The minimum Gasteiger partial charge on any atom is -0.497 e. The van der Waals surface area contributed by atoms with Crippen LogP contribution < -0.4 is 10.1 Å². The van der Waals surface area contributed by atoms with Gasteiger partial charge in [0.15, 0.2) is 0 Å². The number of carbonyl (C=O) groups is 1. The van der Waals surface area contributed by atoms with E-state index in [2.05, 4.69) is 10.4 Å². The minimum absolute atomic E-state index is 0.0806. The van der Waals surface area contributed by atoms with Gasteiger partial charge in [-0.3, -0.25) is 14.8 Å². The Morgan fingerprint density at radius 1 is 1.41 bits per heavy atom. The molecule has 0 aliphatic carbocycles. The van der Waals surface area contributed by atoms with Gasteiger partial charge >= 0.3 is 11.8 Å². The fourth-order valence-electron chi connectivity index (χ4n) is 2.35. The second kappa shape index (κ2) is 8.26. The van der Waals surface area contributed by atoms with Crippen molar-refractivity contribution in [3.8, 4) is 5.75 Å². The van der Waals surface area contributed by atoms with E-state index in [0.29, 0.717) is 16.3 Å². The van der Waals surface area contributed by atoms with E-state index in [1.54, 1.807) is 39.0 Å².